The van der Waals surface area contributed by atoms with E-state index in [1.54, 1.807) is 0 Å². The maximum Gasteiger partial charge on any atom is 0.317 e. The van der Waals surface area contributed by atoms with Crippen molar-refractivity contribution < 1.29 is 4.79 Å². The predicted molar refractivity (Wildman–Crippen MR) is 80.6 cm³/mol. The molecule has 5 heteroatoms. The number of anilines is 1. The molecule has 0 unspecified atom stereocenters. The number of fused-ring (bicyclic) bond motifs is 1. The standard InChI is InChI=1S/C15H20N4O/c16-15(20)19-14-8-11-6-5-10(7-13(11)18-14)9-17-12-3-1-2-4-12/h5-8,12,17-18H,1-4,9H2,(H3,16,19,20). The zero-order valence-corrected chi connectivity index (χ0v) is 11.4. The zero-order chi connectivity index (χ0) is 13.9. The van der Waals surface area contributed by atoms with Crippen molar-refractivity contribution in [1.82, 2.24) is 10.3 Å². The van der Waals surface area contributed by atoms with Gasteiger partial charge in [-0.2, -0.15) is 0 Å². The predicted octanol–water partition coefficient (Wildman–Crippen LogP) is 2.69. The molecule has 106 valence electrons. The molecule has 5 nitrogen and oxygen atoms in total. The number of nitrogens with one attached hydrogen (secondary N) is 3. The van der Waals surface area contributed by atoms with E-state index in [4.69, 9.17) is 5.73 Å². The number of carbonyl (C=O) groups is 1. The van der Waals surface area contributed by atoms with Crippen LogP contribution in [-0.4, -0.2) is 17.1 Å². The molecule has 5 N–H and O–H groups in total. The monoisotopic (exact) mass is 272 g/mol. The van der Waals surface area contributed by atoms with Crippen molar-refractivity contribution in [3.05, 3.63) is 29.8 Å². The number of primary amides is 1. The highest BCUT2D eigenvalue weighted by atomic mass is 16.2. The van der Waals surface area contributed by atoms with Crippen molar-refractivity contribution in [2.75, 3.05) is 5.32 Å². The smallest absolute Gasteiger partial charge is 0.317 e. The van der Waals surface area contributed by atoms with E-state index >= 15 is 0 Å². The van der Waals surface area contributed by atoms with Crippen LogP contribution in [0.2, 0.25) is 0 Å². The summed E-state index contributed by atoms with van der Waals surface area (Å²) in [5.41, 5.74) is 7.37. The lowest BCUT2D eigenvalue weighted by Gasteiger charge is -2.11. The number of rotatable bonds is 4. The molecule has 2 amide bonds. The molecule has 1 heterocycles. The van der Waals surface area contributed by atoms with E-state index in [2.05, 4.69) is 33.8 Å². The molecule has 1 aliphatic rings. The average Bonchev–Trinajstić information content (AvgIpc) is 3.03. The van der Waals surface area contributed by atoms with Crippen molar-refractivity contribution in [2.45, 2.75) is 38.3 Å². The number of carbonyl (C=O) groups excluding carboxylic acids is 1. The van der Waals surface area contributed by atoms with E-state index < -0.39 is 6.03 Å². The largest absolute Gasteiger partial charge is 0.351 e. The van der Waals surface area contributed by atoms with Crippen LogP contribution >= 0.6 is 0 Å². The first-order valence-electron chi connectivity index (χ1n) is 7.12. The Morgan fingerprint density at radius 3 is 2.85 bits per heavy atom. The van der Waals surface area contributed by atoms with Crippen LogP contribution in [0, 0.1) is 0 Å². The molecule has 0 radical (unpaired) electrons. The van der Waals surface area contributed by atoms with Crippen molar-refractivity contribution in [3.63, 3.8) is 0 Å². The first-order valence-corrected chi connectivity index (χ1v) is 7.12. The van der Waals surface area contributed by atoms with Crippen LogP contribution in [0.25, 0.3) is 10.9 Å². The number of nitrogens with two attached hydrogens (primary N) is 1. The van der Waals surface area contributed by atoms with E-state index in [9.17, 15) is 4.79 Å². The van der Waals surface area contributed by atoms with Gasteiger partial charge in [-0.1, -0.05) is 25.0 Å². The normalized spacial score (nSPS) is 15.8. The van der Waals surface area contributed by atoms with Crippen LogP contribution in [0.3, 0.4) is 0 Å². The highest BCUT2D eigenvalue weighted by Gasteiger charge is 2.13. The molecule has 0 bridgehead atoms. The Kier molecular flexibility index (Phi) is 3.60. The molecule has 1 aliphatic carbocycles. The number of benzene rings is 1. The number of hydrogen-bond acceptors (Lipinski definition) is 2. The van der Waals surface area contributed by atoms with Crippen LogP contribution in [0.15, 0.2) is 24.3 Å². The second-order valence-electron chi connectivity index (χ2n) is 5.46. The molecule has 1 saturated carbocycles. The molecule has 3 rings (SSSR count). The molecule has 0 spiro atoms. The molecule has 1 fully saturated rings. The lowest BCUT2D eigenvalue weighted by Crippen LogP contribution is -2.25. The first kappa shape index (κ1) is 13.0. The summed E-state index contributed by atoms with van der Waals surface area (Å²) in [6.07, 6.45) is 5.26. The summed E-state index contributed by atoms with van der Waals surface area (Å²) in [6, 6.07) is 8.29. The summed E-state index contributed by atoms with van der Waals surface area (Å²) >= 11 is 0. The van der Waals surface area contributed by atoms with E-state index in [0.29, 0.717) is 11.9 Å². The summed E-state index contributed by atoms with van der Waals surface area (Å²) in [4.78, 5) is 14.0. The summed E-state index contributed by atoms with van der Waals surface area (Å²) in [5.74, 6) is 0.633. The molecular formula is C15H20N4O. The van der Waals surface area contributed by atoms with Crippen LogP contribution in [0.4, 0.5) is 10.6 Å². The van der Waals surface area contributed by atoms with Gasteiger partial charge in [-0.05, 0) is 30.5 Å². The van der Waals surface area contributed by atoms with E-state index in [1.807, 2.05) is 6.07 Å². The minimum atomic E-state index is -0.556. The Bertz CT molecular complexity index is 613. The Morgan fingerprint density at radius 2 is 2.10 bits per heavy atom. The average molecular weight is 272 g/mol. The van der Waals surface area contributed by atoms with Gasteiger partial charge in [0.2, 0.25) is 0 Å². The number of H-pyrrole nitrogens is 1. The maximum atomic E-state index is 10.8. The molecule has 20 heavy (non-hydrogen) atoms. The minimum absolute atomic E-state index is 0.556. The van der Waals surface area contributed by atoms with E-state index in [-0.39, 0.29) is 0 Å². The Labute approximate surface area is 117 Å². The molecule has 0 atom stereocenters. The van der Waals surface area contributed by atoms with Crippen LogP contribution in [0.5, 0.6) is 0 Å². The minimum Gasteiger partial charge on any atom is -0.351 e. The topological polar surface area (TPSA) is 82.9 Å². The molecule has 0 saturated heterocycles. The second kappa shape index (κ2) is 5.54. The van der Waals surface area contributed by atoms with Crippen molar-refractivity contribution >= 4 is 22.8 Å². The van der Waals surface area contributed by atoms with Crippen LogP contribution < -0.4 is 16.4 Å². The highest BCUT2D eigenvalue weighted by molar-refractivity contribution is 5.92. The Morgan fingerprint density at radius 1 is 1.30 bits per heavy atom. The Hall–Kier alpha value is -2.01. The quantitative estimate of drug-likeness (QED) is 0.690. The second-order valence-corrected chi connectivity index (χ2v) is 5.46. The third kappa shape index (κ3) is 2.93. The fraction of sp³-hybridized carbons (Fsp3) is 0.400. The van der Waals surface area contributed by atoms with Crippen molar-refractivity contribution in [3.8, 4) is 0 Å². The zero-order valence-electron chi connectivity index (χ0n) is 11.4. The lowest BCUT2D eigenvalue weighted by atomic mass is 10.1. The van der Waals surface area contributed by atoms with Gasteiger partial charge in [0, 0.05) is 23.5 Å². The van der Waals surface area contributed by atoms with E-state index in [1.165, 1.54) is 31.2 Å². The number of urea groups is 1. The van der Waals surface area contributed by atoms with Gasteiger partial charge >= 0.3 is 6.03 Å². The van der Waals surface area contributed by atoms with Gasteiger partial charge in [-0.3, -0.25) is 5.32 Å². The number of aromatic nitrogens is 1. The lowest BCUT2D eigenvalue weighted by molar-refractivity contribution is 0.259. The molecule has 2 aromatic rings. The van der Waals surface area contributed by atoms with Crippen molar-refractivity contribution in [2.24, 2.45) is 5.73 Å². The fourth-order valence-corrected chi connectivity index (χ4v) is 2.88. The summed E-state index contributed by atoms with van der Waals surface area (Å²) in [6.45, 7) is 0.887. The summed E-state index contributed by atoms with van der Waals surface area (Å²) in [5, 5.41) is 7.22. The third-order valence-corrected chi connectivity index (χ3v) is 3.89. The van der Waals surface area contributed by atoms with E-state index in [0.717, 1.165) is 17.4 Å². The van der Waals surface area contributed by atoms with Gasteiger partial charge < -0.3 is 16.0 Å². The summed E-state index contributed by atoms with van der Waals surface area (Å²) < 4.78 is 0. The SMILES string of the molecule is NC(=O)Nc1cc2ccc(CNC3CCCC3)cc2[nH]1. The number of hydrogen-bond donors (Lipinski definition) is 4. The van der Waals surface area contributed by atoms with Gasteiger partial charge in [-0.15, -0.1) is 0 Å². The molecule has 0 aliphatic heterocycles. The third-order valence-electron chi connectivity index (χ3n) is 3.89. The maximum absolute atomic E-state index is 10.8. The number of aromatic amines is 1. The molecule has 1 aromatic heterocycles. The van der Waals surface area contributed by atoms with Gasteiger partial charge in [0.25, 0.3) is 0 Å². The molecule has 1 aromatic carbocycles. The fourth-order valence-electron chi connectivity index (χ4n) is 2.88. The molecular weight excluding hydrogens is 252 g/mol. The van der Waals surface area contributed by atoms with Gasteiger partial charge in [0.1, 0.15) is 5.82 Å². The van der Waals surface area contributed by atoms with Crippen LogP contribution in [-0.2, 0) is 6.54 Å². The van der Waals surface area contributed by atoms with Gasteiger partial charge in [0.05, 0.1) is 0 Å². The van der Waals surface area contributed by atoms with Gasteiger partial charge in [-0.25, -0.2) is 4.79 Å². The number of amides is 2. The van der Waals surface area contributed by atoms with Gasteiger partial charge in [0.15, 0.2) is 0 Å². The highest BCUT2D eigenvalue weighted by Crippen LogP contribution is 2.21. The van der Waals surface area contributed by atoms with Crippen LogP contribution in [0.1, 0.15) is 31.2 Å². The summed E-state index contributed by atoms with van der Waals surface area (Å²) in [7, 11) is 0. The Balaban J connectivity index is 1.70. The van der Waals surface area contributed by atoms with Crippen molar-refractivity contribution in [1.29, 1.82) is 0 Å². The first-order chi connectivity index (χ1) is 9.70.